The largest absolute Gasteiger partial charge is 0.496 e. The van der Waals surface area contributed by atoms with Crippen LogP contribution in [0.5, 0.6) is 5.75 Å². The molecule has 1 aromatic heterocycles. The van der Waals surface area contributed by atoms with Crippen molar-refractivity contribution in [3.8, 4) is 5.75 Å². The Morgan fingerprint density at radius 3 is 2.50 bits per heavy atom. The van der Waals surface area contributed by atoms with Crippen LogP contribution in [0.4, 0.5) is 0 Å². The quantitative estimate of drug-likeness (QED) is 0.763. The summed E-state index contributed by atoms with van der Waals surface area (Å²) in [7, 11) is 1.65. The van der Waals surface area contributed by atoms with E-state index in [1.54, 1.807) is 13.2 Å². The highest BCUT2D eigenvalue weighted by Crippen LogP contribution is 2.38. The average molecular weight is 305 g/mol. The molecule has 102 valence electrons. The van der Waals surface area contributed by atoms with Gasteiger partial charge < -0.3 is 9.84 Å². The van der Waals surface area contributed by atoms with Crippen LogP contribution in [0, 0.1) is 0 Å². The van der Waals surface area contributed by atoms with Crippen molar-refractivity contribution in [2.75, 3.05) is 7.11 Å². The van der Waals surface area contributed by atoms with Gasteiger partial charge in [0.25, 0.3) is 0 Å². The van der Waals surface area contributed by atoms with Gasteiger partial charge in [-0.15, -0.1) is 11.3 Å². The summed E-state index contributed by atoms with van der Waals surface area (Å²) < 4.78 is 5.37. The molecule has 2 aromatic carbocycles. The smallest absolute Gasteiger partial charge is 0.126 e. The number of methoxy groups -OCH3 is 1. The molecule has 0 fully saturated rings. The molecule has 0 spiro atoms. The van der Waals surface area contributed by atoms with E-state index in [4.69, 9.17) is 16.3 Å². The van der Waals surface area contributed by atoms with Gasteiger partial charge in [-0.05, 0) is 28.5 Å². The fraction of sp³-hybridized carbons (Fsp3) is 0.125. The number of halogens is 1. The Hall–Kier alpha value is -1.55. The van der Waals surface area contributed by atoms with Crippen molar-refractivity contribution >= 4 is 33.7 Å². The third-order valence-electron chi connectivity index (χ3n) is 3.33. The van der Waals surface area contributed by atoms with Crippen LogP contribution in [0.25, 0.3) is 10.8 Å². The Kier molecular flexibility index (Phi) is 3.66. The minimum absolute atomic E-state index is 0.599. The number of benzene rings is 2. The van der Waals surface area contributed by atoms with Crippen LogP contribution < -0.4 is 4.74 Å². The minimum atomic E-state index is -0.724. The number of hydrogen-bond acceptors (Lipinski definition) is 3. The van der Waals surface area contributed by atoms with Crippen molar-refractivity contribution in [2.45, 2.75) is 6.10 Å². The number of rotatable bonds is 3. The van der Waals surface area contributed by atoms with Crippen LogP contribution in [-0.4, -0.2) is 12.2 Å². The van der Waals surface area contributed by atoms with Crippen molar-refractivity contribution in [1.29, 1.82) is 0 Å². The second kappa shape index (κ2) is 5.44. The minimum Gasteiger partial charge on any atom is -0.496 e. The Labute approximate surface area is 126 Å². The molecule has 1 unspecified atom stereocenters. The molecular formula is C16H13ClO2S. The maximum Gasteiger partial charge on any atom is 0.126 e. The predicted molar refractivity (Wildman–Crippen MR) is 83.9 cm³/mol. The lowest BCUT2D eigenvalue weighted by atomic mass is 9.99. The maximum atomic E-state index is 10.6. The fourth-order valence-corrected chi connectivity index (χ4v) is 3.51. The second-order valence-corrected chi connectivity index (χ2v) is 5.79. The SMILES string of the molecule is COc1ccc(C(O)c2sccc2Cl)c2ccccc12. The van der Waals surface area contributed by atoms with Crippen molar-refractivity contribution in [1.82, 2.24) is 0 Å². The van der Waals surface area contributed by atoms with E-state index in [1.807, 2.05) is 41.8 Å². The van der Waals surface area contributed by atoms with Gasteiger partial charge in [0.1, 0.15) is 11.9 Å². The van der Waals surface area contributed by atoms with Crippen LogP contribution in [0.1, 0.15) is 16.5 Å². The normalized spacial score (nSPS) is 12.6. The Balaban J connectivity index is 2.20. The van der Waals surface area contributed by atoms with Crippen LogP contribution in [0.15, 0.2) is 47.8 Å². The van der Waals surface area contributed by atoms with Gasteiger partial charge in [0.2, 0.25) is 0 Å². The summed E-state index contributed by atoms with van der Waals surface area (Å²) >= 11 is 7.58. The lowest BCUT2D eigenvalue weighted by Crippen LogP contribution is -1.99. The van der Waals surface area contributed by atoms with Gasteiger partial charge in [-0.3, -0.25) is 0 Å². The van der Waals surface area contributed by atoms with Crippen molar-refractivity contribution in [2.24, 2.45) is 0 Å². The molecule has 2 nitrogen and oxygen atoms in total. The van der Waals surface area contributed by atoms with Gasteiger partial charge in [-0.1, -0.05) is 41.9 Å². The highest BCUT2D eigenvalue weighted by atomic mass is 35.5. The summed E-state index contributed by atoms with van der Waals surface area (Å²) in [4.78, 5) is 0.766. The number of hydrogen-bond donors (Lipinski definition) is 1. The Bertz CT molecular complexity index is 751. The first-order valence-corrected chi connectivity index (χ1v) is 7.44. The molecule has 3 aromatic rings. The molecule has 1 N–H and O–H groups in total. The Morgan fingerprint density at radius 1 is 1.10 bits per heavy atom. The predicted octanol–water partition coefficient (Wildman–Crippen LogP) is 4.65. The topological polar surface area (TPSA) is 29.5 Å². The number of fused-ring (bicyclic) bond motifs is 1. The molecule has 0 radical (unpaired) electrons. The standard InChI is InChI=1S/C16H13ClO2S/c1-19-14-7-6-12(10-4-2-3-5-11(10)14)15(18)16-13(17)8-9-20-16/h2-9,15,18H,1H3. The van der Waals surface area contributed by atoms with Gasteiger partial charge >= 0.3 is 0 Å². The number of thiophene rings is 1. The zero-order valence-electron chi connectivity index (χ0n) is 10.8. The van der Waals surface area contributed by atoms with Crippen LogP contribution >= 0.6 is 22.9 Å². The summed E-state index contributed by atoms with van der Waals surface area (Å²) in [6.45, 7) is 0. The Morgan fingerprint density at radius 2 is 1.85 bits per heavy atom. The third-order valence-corrected chi connectivity index (χ3v) is 4.74. The molecule has 0 amide bonds. The monoisotopic (exact) mass is 304 g/mol. The van der Waals surface area contributed by atoms with E-state index in [1.165, 1.54) is 11.3 Å². The molecule has 0 aliphatic rings. The van der Waals surface area contributed by atoms with Gasteiger partial charge in [-0.2, -0.15) is 0 Å². The van der Waals surface area contributed by atoms with Crippen molar-refractivity contribution in [3.63, 3.8) is 0 Å². The fourth-order valence-electron chi connectivity index (χ4n) is 2.35. The van der Waals surface area contributed by atoms with Gasteiger partial charge in [0, 0.05) is 5.39 Å². The third kappa shape index (κ3) is 2.18. The van der Waals surface area contributed by atoms with E-state index < -0.39 is 6.10 Å². The molecule has 0 aliphatic carbocycles. The first kappa shape index (κ1) is 13.4. The van der Waals surface area contributed by atoms with E-state index in [9.17, 15) is 5.11 Å². The lowest BCUT2D eigenvalue weighted by Gasteiger charge is -2.15. The van der Waals surface area contributed by atoms with E-state index in [2.05, 4.69) is 0 Å². The first-order chi connectivity index (χ1) is 9.72. The van der Waals surface area contributed by atoms with E-state index in [-0.39, 0.29) is 0 Å². The van der Waals surface area contributed by atoms with Gasteiger partial charge in [0.05, 0.1) is 17.0 Å². The van der Waals surface area contributed by atoms with Crippen molar-refractivity contribution in [3.05, 3.63) is 63.3 Å². The number of ether oxygens (including phenoxy) is 1. The zero-order valence-corrected chi connectivity index (χ0v) is 12.4. The molecule has 4 heteroatoms. The second-order valence-electron chi connectivity index (χ2n) is 4.44. The van der Waals surface area contributed by atoms with E-state index >= 15 is 0 Å². The van der Waals surface area contributed by atoms with Gasteiger partial charge in [-0.25, -0.2) is 0 Å². The number of aliphatic hydroxyl groups is 1. The highest BCUT2D eigenvalue weighted by molar-refractivity contribution is 7.10. The molecule has 1 atom stereocenters. The molecule has 0 aliphatic heterocycles. The molecule has 1 heterocycles. The van der Waals surface area contributed by atoms with E-state index in [0.29, 0.717) is 5.02 Å². The van der Waals surface area contributed by atoms with Crippen molar-refractivity contribution < 1.29 is 9.84 Å². The van der Waals surface area contributed by atoms with Crippen LogP contribution in [-0.2, 0) is 0 Å². The summed E-state index contributed by atoms with van der Waals surface area (Å²) in [6.07, 6.45) is -0.724. The summed E-state index contributed by atoms with van der Waals surface area (Å²) in [5.41, 5.74) is 0.839. The maximum absolute atomic E-state index is 10.6. The zero-order chi connectivity index (χ0) is 14.1. The molecular weight excluding hydrogens is 292 g/mol. The molecule has 3 rings (SSSR count). The lowest BCUT2D eigenvalue weighted by molar-refractivity contribution is 0.226. The summed E-state index contributed by atoms with van der Waals surface area (Å²) in [5, 5.41) is 15.1. The molecule has 20 heavy (non-hydrogen) atoms. The molecule has 0 saturated carbocycles. The van der Waals surface area contributed by atoms with Crippen LogP contribution in [0.3, 0.4) is 0 Å². The summed E-state index contributed by atoms with van der Waals surface area (Å²) in [6, 6.07) is 13.5. The summed E-state index contributed by atoms with van der Waals surface area (Å²) in [5.74, 6) is 0.800. The number of aliphatic hydroxyl groups excluding tert-OH is 1. The molecule has 0 saturated heterocycles. The van der Waals surface area contributed by atoms with Gasteiger partial charge in [0.15, 0.2) is 0 Å². The molecule has 0 bridgehead atoms. The first-order valence-electron chi connectivity index (χ1n) is 6.19. The highest BCUT2D eigenvalue weighted by Gasteiger charge is 2.18. The van der Waals surface area contributed by atoms with Crippen LogP contribution in [0.2, 0.25) is 5.02 Å². The van der Waals surface area contributed by atoms with E-state index in [0.717, 1.165) is 27.0 Å². The average Bonchev–Trinajstić information content (AvgIpc) is 2.91.